The van der Waals surface area contributed by atoms with Crippen LogP contribution in [0.3, 0.4) is 0 Å². The zero-order valence-corrected chi connectivity index (χ0v) is 8.90. The van der Waals surface area contributed by atoms with Crippen molar-refractivity contribution in [2.75, 3.05) is 0 Å². The standard InChI is InChI=1S/C11H13N3O/c1-4-5-13-7-9(3)11(15)14-10(13)8(2)6-12-14/h4,6-7H,1,5H2,2-3H3. The molecule has 0 bridgehead atoms. The van der Waals surface area contributed by atoms with Crippen molar-refractivity contribution in [3.8, 4) is 0 Å². The second kappa shape index (κ2) is 3.38. The summed E-state index contributed by atoms with van der Waals surface area (Å²) in [4.78, 5) is 11.8. The number of nitrogens with zero attached hydrogens (tertiary/aromatic N) is 3. The summed E-state index contributed by atoms with van der Waals surface area (Å²) >= 11 is 0. The number of hydrogen-bond acceptors (Lipinski definition) is 2. The molecule has 0 saturated heterocycles. The Kier molecular flexibility index (Phi) is 2.19. The van der Waals surface area contributed by atoms with Gasteiger partial charge in [0.2, 0.25) is 0 Å². The molecule has 0 amide bonds. The number of aryl methyl sites for hydroxylation is 2. The van der Waals surface area contributed by atoms with Gasteiger partial charge in [0, 0.05) is 23.9 Å². The number of hydrogen-bond donors (Lipinski definition) is 0. The molecule has 2 rings (SSSR count). The molecular weight excluding hydrogens is 190 g/mol. The Morgan fingerprint density at radius 2 is 2.20 bits per heavy atom. The van der Waals surface area contributed by atoms with Gasteiger partial charge in [0.1, 0.15) is 5.65 Å². The van der Waals surface area contributed by atoms with Crippen LogP contribution < -0.4 is 5.56 Å². The fourth-order valence-electron chi connectivity index (χ4n) is 1.72. The predicted octanol–water partition coefficient (Wildman–Crippen LogP) is 1.30. The van der Waals surface area contributed by atoms with Gasteiger partial charge in [-0.2, -0.15) is 9.61 Å². The van der Waals surface area contributed by atoms with Crippen LogP contribution in [0.4, 0.5) is 0 Å². The first-order valence-electron chi connectivity index (χ1n) is 4.80. The minimum atomic E-state index is -0.0570. The van der Waals surface area contributed by atoms with Crippen molar-refractivity contribution >= 4 is 5.65 Å². The first-order chi connectivity index (χ1) is 7.15. The first kappa shape index (κ1) is 9.71. The summed E-state index contributed by atoms with van der Waals surface area (Å²) in [5.74, 6) is 0. The fourth-order valence-corrected chi connectivity index (χ4v) is 1.72. The van der Waals surface area contributed by atoms with Crippen LogP contribution in [0.5, 0.6) is 0 Å². The summed E-state index contributed by atoms with van der Waals surface area (Å²) in [6.07, 6.45) is 5.35. The molecule has 4 heteroatoms. The van der Waals surface area contributed by atoms with Crippen LogP contribution in [-0.2, 0) is 6.54 Å². The number of fused-ring (bicyclic) bond motifs is 1. The molecule has 0 N–H and O–H groups in total. The molecule has 0 aliphatic carbocycles. The van der Waals surface area contributed by atoms with Crippen LogP contribution in [0.25, 0.3) is 5.65 Å². The maximum atomic E-state index is 11.8. The first-order valence-corrected chi connectivity index (χ1v) is 4.80. The van der Waals surface area contributed by atoms with Crippen molar-refractivity contribution < 1.29 is 0 Å². The highest BCUT2D eigenvalue weighted by Gasteiger charge is 2.08. The van der Waals surface area contributed by atoms with Gasteiger partial charge in [0.05, 0.1) is 6.20 Å². The molecule has 15 heavy (non-hydrogen) atoms. The highest BCUT2D eigenvalue weighted by atomic mass is 16.1. The maximum Gasteiger partial charge on any atom is 0.277 e. The van der Waals surface area contributed by atoms with E-state index in [-0.39, 0.29) is 5.56 Å². The van der Waals surface area contributed by atoms with Crippen LogP contribution >= 0.6 is 0 Å². The van der Waals surface area contributed by atoms with E-state index < -0.39 is 0 Å². The van der Waals surface area contributed by atoms with Gasteiger partial charge in [-0.05, 0) is 13.8 Å². The van der Waals surface area contributed by atoms with Crippen molar-refractivity contribution in [2.24, 2.45) is 0 Å². The van der Waals surface area contributed by atoms with E-state index >= 15 is 0 Å². The molecule has 2 aromatic rings. The third-order valence-corrected chi connectivity index (χ3v) is 2.40. The van der Waals surface area contributed by atoms with Crippen molar-refractivity contribution in [3.63, 3.8) is 0 Å². The van der Waals surface area contributed by atoms with Gasteiger partial charge in [-0.25, -0.2) is 0 Å². The highest BCUT2D eigenvalue weighted by molar-refractivity contribution is 5.47. The predicted molar refractivity (Wildman–Crippen MR) is 59.1 cm³/mol. The average Bonchev–Trinajstić information content (AvgIpc) is 2.57. The van der Waals surface area contributed by atoms with Gasteiger partial charge in [-0.1, -0.05) is 6.08 Å². The van der Waals surface area contributed by atoms with Crippen LogP contribution in [-0.4, -0.2) is 14.2 Å². The second-order valence-electron chi connectivity index (χ2n) is 3.62. The van der Waals surface area contributed by atoms with E-state index in [1.807, 2.05) is 17.7 Å². The molecule has 0 fully saturated rings. The van der Waals surface area contributed by atoms with Gasteiger partial charge in [0.25, 0.3) is 5.56 Å². The Morgan fingerprint density at radius 1 is 1.47 bits per heavy atom. The number of allylic oxidation sites excluding steroid dienone is 1. The Morgan fingerprint density at radius 3 is 2.87 bits per heavy atom. The molecule has 0 unspecified atom stereocenters. The molecule has 2 heterocycles. The minimum Gasteiger partial charge on any atom is -0.328 e. The second-order valence-corrected chi connectivity index (χ2v) is 3.62. The van der Waals surface area contributed by atoms with Crippen molar-refractivity contribution in [1.29, 1.82) is 0 Å². The lowest BCUT2D eigenvalue weighted by atomic mass is 10.3. The van der Waals surface area contributed by atoms with Gasteiger partial charge in [-0.15, -0.1) is 6.58 Å². The van der Waals surface area contributed by atoms with E-state index in [0.717, 1.165) is 11.2 Å². The van der Waals surface area contributed by atoms with Gasteiger partial charge < -0.3 is 4.57 Å². The van der Waals surface area contributed by atoms with E-state index in [1.54, 1.807) is 19.2 Å². The molecule has 2 aromatic heterocycles. The summed E-state index contributed by atoms with van der Waals surface area (Å²) in [5, 5.41) is 4.07. The summed E-state index contributed by atoms with van der Waals surface area (Å²) < 4.78 is 3.42. The Hall–Kier alpha value is -1.84. The average molecular weight is 203 g/mol. The van der Waals surface area contributed by atoms with Crippen molar-refractivity contribution in [2.45, 2.75) is 20.4 Å². The largest absolute Gasteiger partial charge is 0.328 e. The molecule has 0 spiro atoms. The smallest absolute Gasteiger partial charge is 0.277 e. The van der Waals surface area contributed by atoms with Crippen LogP contribution in [0.15, 0.2) is 29.8 Å². The van der Waals surface area contributed by atoms with Crippen molar-refractivity contribution in [3.05, 3.63) is 46.5 Å². The van der Waals surface area contributed by atoms with E-state index in [0.29, 0.717) is 12.1 Å². The maximum absolute atomic E-state index is 11.8. The Bertz CT molecular complexity index is 577. The molecule has 4 nitrogen and oxygen atoms in total. The molecular formula is C11H13N3O. The van der Waals surface area contributed by atoms with Gasteiger partial charge in [-0.3, -0.25) is 4.79 Å². The third-order valence-electron chi connectivity index (χ3n) is 2.40. The lowest BCUT2D eigenvalue weighted by Gasteiger charge is -2.07. The topological polar surface area (TPSA) is 39.3 Å². The number of aromatic nitrogens is 3. The quantitative estimate of drug-likeness (QED) is 0.690. The summed E-state index contributed by atoms with van der Waals surface area (Å²) in [7, 11) is 0. The lowest BCUT2D eigenvalue weighted by molar-refractivity contribution is 0.767. The Labute approximate surface area is 87.5 Å². The lowest BCUT2D eigenvalue weighted by Crippen LogP contribution is -2.20. The highest BCUT2D eigenvalue weighted by Crippen LogP contribution is 2.08. The zero-order chi connectivity index (χ0) is 11.0. The molecule has 0 radical (unpaired) electrons. The minimum absolute atomic E-state index is 0.0570. The number of rotatable bonds is 2. The van der Waals surface area contributed by atoms with E-state index in [2.05, 4.69) is 11.7 Å². The molecule has 0 aliphatic heterocycles. The molecule has 78 valence electrons. The molecule has 0 saturated carbocycles. The fraction of sp³-hybridized carbons (Fsp3) is 0.273. The zero-order valence-electron chi connectivity index (χ0n) is 8.90. The Balaban J connectivity index is 2.90. The van der Waals surface area contributed by atoms with E-state index in [9.17, 15) is 4.79 Å². The van der Waals surface area contributed by atoms with Crippen LogP contribution in [0.1, 0.15) is 11.1 Å². The molecule has 0 aliphatic rings. The SMILES string of the molecule is C=CCn1cc(C)c(=O)n2ncc(C)c12. The van der Waals surface area contributed by atoms with Crippen molar-refractivity contribution in [1.82, 2.24) is 14.2 Å². The van der Waals surface area contributed by atoms with Gasteiger partial charge >= 0.3 is 0 Å². The van der Waals surface area contributed by atoms with Gasteiger partial charge in [0.15, 0.2) is 0 Å². The summed E-state index contributed by atoms with van der Waals surface area (Å²) in [6.45, 7) is 8.11. The monoisotopic (exact) mass is 203 g/mol. The van der Waals surface area contributed by atoms with E-state index in [1.165, 1.54) is 4.52 Å². The molecule has 0 aromatic carbocycles. The van der Waals surface area contributed by atoms with E-state index in [4.69, 9.17) is 0 Å². The van der Waals surface area contributed by atoms with Crippen LogP contribution in [0, 0.1) is 13.8 Å². The third kappa shape index (κ3) is 1.38. The summed E-state index contributed by atoms with van der Waals surface area (Å²) in [6, 6.07) is 0. The van der Waals surface area contributed by atoms with Crippen LogP contribution in [0.2, 0.25) is 0 Å². The normalized spacial score (nSPS) is 10.8. The summed E-state index contributed by atoms with van der Waals surface area (Å²) in [5.41, 5.74) is 2.46. The molecule has 0 atom stereocenters.